The maximum Gasteiger partial charge on any atom is 0.211 e. The Morgan fingerprint density at radius 2 is 1.83 bits per heavy atom. The van der Waals surface area contributed by atoms with Crippen LogP contribution < -0.4 is 4.74 Å². The molecule has 1 N–H and O–H groups in total. The minimum absolute atomic E-state index is 0.113. The van der Waals surface area contributed by atoms with Gasteiger partial charge in [-0.2, -0.15) is 0 Å². The van der Waals surface area contributed by atoms with Crippen molar-refractivity contribution in [3.05, 3.63) is 71.8 Å². The zero-order valence-electron chi connectivity index (χ0n) is 13.8. The van der Waals surface area contributed by atoms with E-state index < -0.39 is 5.79 Å². The number of rotatable bonds is 3. The lowest BCUT2D eigenvalue weighted by molar-refractivity contribution is -0.190. The summed E-state index contributed by atoms with van der Waals surface area (Å²) in [4.78, 5) is 0. The summed E-state index contributed by atoms with van der Waals surface area (Å²) in [6, 6.07) is 18.2. The molecule has 3 atom stereocenters. The van der Waals surface area contributed by atoms with Gasteiger partial charge in [-0.15, -0.1) is 0 Å². The van der Waals surface area contributed by atoms with Gasteiger partial charge in [0.25, 0.3) is 0 Å². The van der Waals surface area contributed by atoms with Crippen molar-refractivity contribution in [2.45, 2.75) is 31.0 Å². The lowest BCUT2D eigenvalue weighted by atomic mass is 9.79. The number of hydrogen-bond donors (Lipinski definition) is 1. The van der Waals surface area contributed by atoms with Crippen molar-refractivity contribution in [2.24, 2.45) is 5.92 Å². The number of aliphatic hydroxyl groups is 1. The van der Waals surface area contributed by atoms with Gasteiger partial charge in [0.1, 0.15) is 11.5 Å². The highest BCUT2D eigenvalue weighted by atomic mass is 16.6. The van der Waals surface area contributed by atoms with E-state index in [2.05, 4.69) is 30.3 Å². The third kappa shape index (κ3) is 2.59. The summed E-state index contributed by atoms with van der Waals surface area (Å²) in [5, 5.41) is 11.1. The molecule has 0 bridgehead atoms. The van der Waals surface area contributed by atoms with E-state index in [1.165, 1.54) is 5.56 Å². The topological polar surface area (TPSA) is 38.7 Å². The number of methoxy groups -OCH3 is 1. The van der Waals surface area contributed by atoms with Gasteiger partial charge < -0.3 is 14.6 Å². The molecule has 3 nitrogen and oxygen atoms in total. The highest BCUT2D eigenvalue weighted by Gasteiger charge is 2.50. The molecule has 3 heteroatoms. The van der Waals surface area contributed by atoms with Gasteiger partial charge in [-0.3, -0.25) is 0 Å². The van der Waals surface area contributed by atoms with Gasteiger partial charge in [0.15, 0.2) is 0 Å². The Morgan fingerprint density at radius 3 is 2.54 bits per heavy atom. The molecule has 1 aliphatic heterocycles. The molecule has 2 aromatic rings. The summed E-state index contributed by atoms with van der Waals surface area (Å²) in [5.41, 5.74) is 2.20. The molecule has 4 rings (SSSR count). The zero-order chi connectivity index (χ0) is 16.6. The average Bonchev–Trinajstić information content (AvgIpc) is 3.03. The van der Waals surface area contributed by atoms with E-state index in [1.54, 1.807) is 7.11 Å². The Balaban J connectivity index is 1.75. The van der Waals surface area contributed by atoms with E-state index >= 15 is 0 Å². The first kappa shape index (κ1) is 15.3. The molecule has 0 saturated heterocycles. The molecule has 24 heavy (non-hydrogen) atoms. The van der Waals surface area contributed by atoms with Gasteiger partial charge >= 0.3 is 0 Å². The van der Waals surface area contributed by atoms with Crippen LogP contribution in [0.2, 0.25) is 0 Å². The molecule has 1 saturated carbocycles. The van der Waals surface area contributed by atoms with Crippen LogP contribution in [0.1, 0.15) is 36.3 Å². The minimum atomic E-state index is -1.06. The predicted molar refractivity (Wildman–Crippen MR) is 93.5 cm³/mol. The third-order valence-electron chi connectivity index (χ3n) is 5.24. The SMILES string of the molecule is COc1ccc(C2=C[C@@H](c3ccccc3)[C@@H]3CCC[C@]3(O)O2)cc1. The van der Waals surface area contributed by atoms with Crippen LogP contribution in [0.5, 0.6) is 5.75 Å². The van der Waals surface area contributed by atoms with Crippen LogP contribution in [0, 0.1) is 5.92 Å². The highest BCUT2D eigenvalue weighted by molar-refractivity contribution is 5.63. The fraction of sp³-hybridized carbons (Fsp3) is 0.333. The van der Waals surface area contributed by atoms with Crippen molar-refractivity contribution < 1.29 is 14.6 Å². The Kier molecular flexibility index (Phi) is 3.81. The van der Waals surface area contributed by atoms with Gasteiger partial charge in [-0.25, -0.2) is 0 Å². The number of hydrogen-bond acceptors (Lipinski definition) is 3. The fourth-order valence-corrected chi connectivity index (χ4v) is 3.99. The van der Waals surface area contributed by atoms with Crippen molar-refractivity contribution in [3.63, 3.8) is 0 Å². The lowest BCUT2D eigenvalue weighted by Crippen LogP contribution is -2.41. The second-order valence-electron chi connectivity index (χ2n) is 6.64. The summed E-state index contributed by atoms with van der Waals surface area (Å²) in [5.74, 6) is 0.788. The molecular weight excluding hydrogens is 300 g/mol. The smallest absolute Gasteiger partial charge is 0.211 e. The molecule has 1 heterocycles. The summed E-state index contributed by atoms with van der Waals surface area (Å²) < 4.78 is 11.3. The second kappa shape index (κ2) is 5.99. The zero-order valence-corrected chi connectivity index (χ0v) is 13.8. The Labute approximate surface area is 142 Å². The number of fused-ring (bicyclic) bond motifs is 1. The van der Waals surface area contributed by atoms with Gasteiger partial charge in [0.2, 0.25) is 5.79 Å². The van der Waals surface area contributed by atoms with E-state index in [0.717, 1.165) is 29.9 Å². The average molecular weight is 322 g/mol. The van der Waals surface area contributed by atoms with Gasteiger partial charge in [-0.05, 0) is 48.7 Å². The van der Waals surface area contributed by atoms with E-state index in [-0.39, 0.29) is 11.8 Å². The first-order valence-corrected chi connectivity index (χ1v) is 8.52. The number of ether oxygens (including phenoxy) is 2. The molecule has 1 fully saturated rings. The first-order chi connectivity index (χ1) is 11.7. The van der Waals surface area contributed by atoms with Crippen LogP contribution in [0.3, 0.4) is 0 Å². The van der Waals surface area contributed by atoms with E-state index in [9.17, 15) is 5.11 Å². The normalized spacial score (nSPS) is 28.7. The molecule has 0 radical (unpaired) electrons. The Morgan fingerprint density at radius 1 is 1.08 bits per heavy atom. The molecule has 124 valence electrons. The van der Waals surface area contributed by atoms with Crippen molar-refractivity contribution >= 4 is 5.76 Å². The molecule has 0 aromatic heterocycles. The van der Waals surface area contributed by atoms with Crippen molar-refractivity contribution in [3.8, 4) is 5.75 Å². The van der Waals surface area contributed by atoms with Gasteiger partial charge in [0, 0.05) is 23.8 Å². The fourth-order valence-electron chi connectivity index (χ4n) is 3.99. The van der Waals surface area contributed by atoms with Crippen LogP contribution in [0.15, 0.2) is 60.7 Å². The van der Waals surface area contributed by atoms with Gasteiger partial charge in [0.05, 0.1) is 7.11 Å². The molecule has 2 aliphatic rings. The first-order valence-electron chi connectivity index (χ1n) is 8.52. The van der Waals surface area contributed by atoms with Crippen molar-refractivity contribution in [2.75, 3.05) is 7.11 Å². The molecule has 0 unspecified atom stereocenters. The maximum absolute atomic E-state index is 11.1. The van der Waals surface area contributed by atoms with Gasteiger partial charge in [-0.1, -0.05) is 30.3 Å². The molecule has 0 spiro atoms. The highest BCUT2D eigenvalue weighted by Crippen LogP contribution is 2.51. The van der Waals surface area contributed by atoms with Crippen LogP contribution in [-0.4, -0.2) is 18.0 Å². The number of benzene rings is 2. The molecular formula is C21H22O3. The summed E-state index contributed by atoms with van der Waals surface area (Å²) in [7, 11) is 1.66. The molecule has 1 aliphatic carbocycles. The van der Waals surface area contributed by atoms with Crippen LogP contribution in [0.4, 0.5) is 0 Å². The van der Waals surface area contributed by atoms with E-state index in [4.69, 9.17) is 9.47 Å². The number of allylic oxidation sites excluding steroid dienone is 1. The summed E-state index contributed by atoms with van der Waals surface area (Å²) in [6.45, 7) is 0. The Hall–Kier alpha value is -2.26. The maximum atomic E-state index is 11.1. The summed E-state index contributed by atoms with van der Waals surface area (Å²) >= 11 is 0. The predicted octanol–water partition coefficient (Wildman–Crippen LogP) is 4.34. The minimum Gasteiger partial charge on any atom is -0.497 e. The second-order valence-corrected chi connectivity index (χ2v) is 6.64. The molecule has 2 aromatic carbocycles. The monoisotopic (exact) mass is 322 g/mol. The lowest BCUT2D eigenvalue weighted by Gasteiger charge is -2.40. The molecule has 0 amide bonds. The van der Waals surface area contributed by atoms with Crippen molar-refractivity contribution in [1.29, 1.82) is 0 Å². The van der Waals surface area contributed by atoms with Crippen LogP contribution in [0.25, 0.3) is 5.76 Å². The Bertz CT molecular complexity index is 735. The third-order valence-corrected chi connectivity index (χ3v) is 5.24. The van der Waals surface area contributed by atoms with E-state index in [1.807, 2.05) is 30.3 Å². The standard InChI is InChI=1S/C21H22O3/c1-23-17-11-9-16(10-12-17)20-14-18(15-6-3-2-4-7-15)19-8-5-13-21(19,22)24-20/h2-4,6-7,9-12,14,18-19,22H,5,8,13H2,1H3/t18-,19-,21-/m0/s1. The van der Waals surface area contributed by atoms with Crippen LogP contribution in [-0.2, 0) is 4.74 Å². The summed E-state index contributed by atoms with van der Waals surface area (Å²) in [6.07, 6.45) is 4.84. The van der Waals surface area contributed by atoms with Crippen LogP contribution >= 0.6 is 0 Å². The quantitative estimate of drug-likeness (QED) is 0.913. The largest absolute Gasteiger partial charge is 0.497 e. The van der Waals surface area contributed by atoms with Crippen molar-refractivity contribution in [1.82, 2.24) is 0 Å². The van der Waals surface area contributed by atoms with E-state index in [0.29, 0.717) is 6.42 Å².